The van der Waals surface area contributed by atoms with Crippen LogP contribution in [-0.2, 0) is 14.8 Å². The van der Waals surface area contributed by atoms with Crippen LogP contribution in [0.3, 0.4) is 0 Å². The molecule has 0 bridgehead atoms. The molecule has 2 aromatic carbocycles. The van der Waals surface area contributed by atoms with Crippen LogP contribution < -0.4 is 15.2 Å². The van der Waals surface area contributed by atoms with E-state index in [1.54, 1.807) is 12.1 Å². The summed E-state index contributed by atoms with van der Waals surface area (Å²) in [5.74, 6) is -0.567. The van der Waals surface area contributed by atoms with Gasteiger partial charge in [0.05, 0.1) is 11.4 Å². The number of benzene rings is 2. The number of β-amino-alcohol motifs (C(OH)–C–C–N with tert-alkyl or cyclic N) is 1. The first kappa shape index (κ1) is 25.1. The van der Waals surface area contributed by atoms with E-state index in [4.69, 9.17) is 9.88 Å². The summed E-state index contributed by atoms with van der Waals surface area (Å²) in [5, 5.41) is 18.1. The van der Waals surface area contributed by atoms with Gasteiger partial charge in [-0.1, -0.05) is 12.1 Å². The summed E-state index contributed by atoms with van der Waals surface area (Å²) in [4.78, 5) is 16.5. The molecule has 3 rings (SSSR count). The third-order valence-electron chi connectivity index (χ3n) is 5.40. The number of carbonyl (C=O) groups is 1. The number of aliphatic hydroxyl groups excluding tert-OH is 1. The Morgan fingerprint density at radius 2 is 1.94 bits per heavy atom. The number of primary sulfonamides is 1. The smallest absolute Gasteiger partial charge is 0.238 e. The zero-order valence-electron chi connectivity index (χ0n) is 18.4. The number of hydrogen-bond acceptors (Lipinski definition) is 7. The number of aliphatic hydroxyl groups is 1. The number of amides is 1. The lowest BCUT2D eigenvalue weighted by Crippen LogP contribution is -2.55. The van der Waals surface area contributed by atoms with Crippen LogP contribution in [-0.4, -0.2) is 80.7 Å². The Morgan fingerprint density at radius 1 is 1.24 bits per heavy atom. The quantitative estimate of drug-likeness (QED) is 0.486. The second-order valence-electron chi connectivity index (χ2n) is 8.09. The number of para-hydroxylation sites is 1. The fraction of sp³-hybridized carbons (Fsp3) is 0.409. The van der Waals surface area contributed by atoms with Crippen LogP contribution in [0, 0.1) is 5.82 Å². The van der Waals surface area contributed by atoms with Crippen LogP contribution in [0.2, 0.25) is 0 Å². The van der Waals surface area contributed by atoms with Crippen LogP contribution in [0.5, 0.6) is 5.75 Å². The van der Waals surface area contributed by atoms with Crippen molar-refractivity contribution < 1.29 is 27.4 Å². The van der Waals surface area contributed by atoms with Gasteiger partial charge in [0, 0.05) is 37.9 Å². The Labute approximate surface area is 193 Å². The highest BCUT2D eigenvalue weighted by Gasteiger charge is 2.26. The van der Waals surface area contributed by atoms with Gasteiger partial charge in [-0.3, -0.25) is 14.6 Å². The number of nitrogens with zero attached hydrogens (tertiary/aromatic N) is 2. The maximum atomic E-state index is 13.6. The van der Waals surface area contributed by atoms with Crippen LogP contribution in [0.15, 0.2) is 53.4 Å². The molecule has 33 heavy (non-hydrogen) atoms. The average molecular weight is 481 g/mol. The van der Waals surface area contributed by atoms with Crippen molar-refractivity contribution in [3.63, 3.8) is 0 Å². The molecule has 1 amide bonds. The van der Waals surface area contributed by atoms with Gasteiger partial charge in [0.1, 0.15) is 12.7 Å². The molecule has 2 aromatic rings. The third-order valence-corrected chi connectivity index (χ3v) is 6.33. The summed E-state index contributed by atoms with van der Waals surface area (Å²) in [6, 6.07) is 11.8. The lowest BCUT2D eigenvalue weighted by Gasteiger charge is -2.40. The maximum absolute atomic E-state index is 13.6. The minimum absolute atomic E-state index is 0.0134. The molecule has 11 heteroatoms. The van der Waals surface area contributed by atoms with Gasteiger partial charge in [-0.2, -0.15) is 0 Å². The predicted molar refractivity (Wildman–Crippen MR) is 122 cm³/mol. The highest BCUT2D eigenvalue weighted by atomic mass is 32.2. The Balaban J connectivity index is 1.42. The molecule has 0 aliphatic carbocycles. The van der Waals surface area contributed by atoms with Gasteiger partial charge < -0.3 is 15.2 Å². The number of carbonyl (C=O) groups excluding carboxylic acids is 1. The van der Waals surface area contributed by atoms with Crippen molar-refractivity contribution in [1.82, 2.24) is 9.80 Å². The standard InChI is InChI=1S/C22H29FN4O5S/c1-16-12-26(14-22(29)25-17-6-8-19(9-7-17)33(24,30)31)10-11-27(16)13-18(28)15-32-21-5-3-2-4-20(21)23/h2-9,16,18,28H,10-15H2,1H3,(H,25,29)(H2,24,30,31)/t16-,18-/m0/s1. The number of ether oxygens (including phenoxy) is 1. The predicted octanol–water partition coefficient (Wildman–Crippen LogP) is 0.858. The molecule has 4 N–H and O–H groups in total. The van der Waals surface area contributed by atoms with Crippen molar-refractivity contribution in [1.29, 1.82) is 0 Å². The fourth-order valence-electron chi connectivity index (χ4n) is 3.69. The van der Waals surface area contributed by atoms with Crippen LogP contribution >= 0.6 is 0 Å². The SMILES string of the molecule is C[C@H]1CN(CC(=O)Nc2ccc(S(N)(=O)=O)cc2)CCN1C[C@H](O)COc1ccccc1F. The van der Waals surface area contributed by atoms with Gasteiger partial charge in [0.2, 0.25) is 15.9 Å². The van der Waals surface area contributed by atoms with E-state index in [0.29, 0.717) is 31.9 Å². The van der Waals surface area contributed by atoms with E-state index >= 15 is 0 Å². The average Bonchev–Trinajstić information content (AvgIpc) is 2.75. The molecule has 0 radical (unpaired) electrons. The zero-order chi connectivity index (χ0) is 24.0. The number of rotatable bonds is 9. The Kier molecular flexibility index (Phi) is 8.38. The highest BCUT2D eigenvalue weighted by molar-refractivity contribution is 7.89. The third kappa shape index (κ3) is 7.47. The second kappa shape index (κ2) is 11.0. The molecular weight excluding hydrogens is 451 g/mol. The van der Waals surface area contributed by atoms with Gasteiger partial charge in [0.25, 0.3) is 0 Å². The number of halogens is 1. The molecule has 9 nitrogen and oxygen atoms in total. The van der Waals surface area contributed by atoms with E-state index in [1.165, 1.54) is 36.4 Å². The summed E-state index contributed by atoms with van der Waals surface area (Å²) in [7, 11) is -3.78. The van der Waals surface area contributed by atoms with Crippen molar-refractivity contribution in [3.05, 3.63) is 54.3 Å². The number of anilines is 1. The normalized spacial score (nSPS) is 18.6. The largest absolute Gasteiger partial charge is 0.488 e. The monoisotopic (exact) mass is 480 g/mol. The minimum Gasteiger partial charge on any atom is -0.488 e. The number of piperazine rings is 1. The summed E-state index contributed by atoms with van der Waals surface area (Å²) in [5.41, 5.74) is 0.483. The lowest BCUT2D eigenvalue weighted by molar-refractivity contribution is -0.118. The molecule has 0 spiro atoms. The lowest BCUT2D eigenvalue weighted by atomic mass is 10.1. The van der Waals surface area contributed by atoms with Crippen LogP contribution in [0.4, 0.5) is 10.1 Å². The van der Waals surface area contributed by atoms with Crippen molar-refractivity contribution >= 4 is 21.6 Å². The summed E-state index contributed by atoms with van der Waals surface area (Å²) in [6.07, 6.45) is -0.776. The van der Waals surface area contributed by atoms with Gasteiger partial charge >= 0.3 is 0 Å². The van der Waals surface area contributed by atoms with E-state index in [9.17, 15) is 22.7 Å². The molecule has 1 heterocycles. The van der Waals surface area contributed by atoms with E-state index in [1.807, 2.05) is 11.8 Å². The summed E-state index contributed by atoms with van der Waals surface area (Å²) in [6.45, 7) is 4.51. The molecule has 1 fully saturated rings. The first-order valence-electron chi connectivity index (χ1n) is 10.6. The molecule has 180 valence electrons. The molecule has 0 aromatic heterocycles. The van der Waals surface area contributed by atoms with Crippen LogP contribution in [0.25, 0.3) is 0 Å². The maximum Gasteiger partial charge on any atom is 0.238 e. The molecular formula is C22H29FN4O5S. The Morgan fingerprint density at radius 3 is 2.58 bits per heavy atom. The molecule has 1 aliphatic heterocycles. The van der Waals surface area contributed by atoms with Crippen molar-refractivity contribution in [3.8, 4) is 5.75 Å². The summed E-state index contributed by atoms with van der Waals surface area (Å²) < 4.78 is 41.6. The first-order chi connectivity index (χ1) is 15.6. The van der Waals surface area contributed by atoms with Gasteiger partial charge in [-0.15, -0.1) is 0 Å². The van der Waals surface area contributed by atoms with E-state index in [-0.39, 0.29) is 35.7 Å². The van der Waals surface area contributed by atoms with Gasteiger partial charge in [-0.25, -0.2) is 17.9 Å². The molecule has 1 aliphatic rings. The topological polar surface area (TPSA) is 125 Å². The molecule has 0 saturated carbocycles. The molecule has 2 atom stereocenters. The van der Waals surface area contributed by atoms with Gasteiger partial charge in [0.15, 0.2) is 11.6 Å². The van der Waals surface area contributed by atoms with Crippen molar-refractivity contribution in [2.75, 3.05) is 44.6 Å². The number of nitrogens with two attached hydrogens (primary N) is 1. The zero-order valence-corrected chi connectivity index (χ0v) is 19.2. The van der Waals surface area contributed by atoms with E-state index in [2.05, 4.69) is 10.2 Å². The Hall–Kier alpha value is -2.57. The highest BCUT2D eigenvalue weighted by Crippen LogP contribution is 2.17. The van der Waals surface area contributed by atoms with Crippen LogP contribution in [0.1, 0.15) is 6.92 Å². The number of hydrogen-bond donors (Lipinski definition) is 3. The van der Waals surface area contributed by atoms with E-state index in [0.717, 1.165) is 0 Å². The molecule has 0 unspecified atom stereocenters. The second-order valence-corrected chi connectivity index (χ2v) is 9.65. The number of nitrogens with one attached hydrogen (secondary N) is 1. The fourth-order valence-corrected chi connectivity index (χ4v) is 4.20. The van der Waals surface area contributed by atoms with Crippen molar-refractivity contribution in [2.45, 2.75) is 24.0 Å². The Bertz CT molecular complexity index is 1050. The van der Waals surface area contributed by atoms with Gasteiger partial charge in [-0.05, 0) is 43.3 Å². The van der Waals surface area contributed by atoms with E-state index < -0.39 is 21.9 Å². The minimum atomic E-state index is -3.78. The molecule has 1 saturated heterocycles. The number of sulfonamides is 1. The summed E-state index contributed by atoms with van der Waals surface area (Å²) >= 11 is 0. The first-order valence-corrected chi connectivity index (χ1v) is 12.1. The van der Waals surface area contributed by atoms with Crippen molar-refractivity contribution in [2.24, 2.45) is 5.14 Å².